The number of imidazole rings is 1. The highest BCUT2D eigenvalue weighted by atomic mass is 32.1. The van der Waals surface area contributed by atoms with E-state index in [4.69, 9.17) is 0 Å². The van der Waals surface area contributed by atoms with Gasteiger partial charge in [-0.3, -0.25) is 18.6 Å². The number of carbonyl (C=O) groups is 1. The van der Waals surface area contributed by atoms with Crippen molar-refractivity contribution in [2.24, 2.45) is 0 Å². The van der Waals surface area contributed by atoms with Crippen molar-refractivity contribution in [2.45, 2.75) is 6.54 Å². The molecule has 0 unspecified atom stereocenters. The molecule has 5 aromatic rings. The van der Waals surface area contributed by atoms with Gasteiger partial charge in [0.15, 0.2) is 4.96 Å². The van der Waals surface area contributed by atoms with Crippen LogP contribution in [0.1, 0.15) is 0 Å². The Morgan fingerprint density at radius 2 is 1.84 bits per heavy atom. The maximum absolute atomic E-state index is 12.7. The number of aromatic nitrogens is 4. The lowest BCUT2D eigenvalue weighted by Crippen LogP contribution is -2.27. The molecule has 0 saturated carbocycles. The average Bonchev–Trinajstić information content (AvgIpc) is 3.39. The highest BCUT2D eigenvalue weighted by molar-refractivity contribution is 7.15. The van der Waals surface area contributed by atoms with Gasteiger partial charge in [-0.1, -0.05) is 48.5 Å². The molecule has 0 aliphatic rings. The number of nitrogens with one attached hydrogen (secondary N) is 1. The molecule has 0 saturated heterocycles. The molecular formula is C23H17N5O2S. The van der Waals surface area contributed by atoms with E-state index < -0.39 is 0 Å². The van der Waals surface area contributed by atoms with E-state index >= 15 is 0 Å². The van der Waals surface area contributed by atoms with Gasteiger partial charge in [0.2, 0.25) is 5.91 Å². The van der Waals surface area contributed by atoms with Gasteiger partial charge in [0.1, 0.15) is 6.54 Å². The minimum absolute atomic E-state index is 0.131. The van der Waals surface area contributed by atoms with Gasteiger partial charge >= 0.3 is 0 Å². The van der Waals surface area contributed by atoms with E-state index in [0.29, 0.717) is 11.4 Å². The Kier molecular flexibility index (Phi) is 4.89. The summed E-state index contributed by atoms with van der Waals surface area (Å²) in [5.74, 6) is -0.315. The Labute approximate surface area is 181 Å². The molecule has 5 rings (SSSR count). The number of hydrogen-bond donors (Lipinski definition) is 1. The normalized spacial score (nSPS) is 11.0. The number of para-hydroxylation sites is 1. The van der Waals surface area contributed by atoms with Crippen LogP contribution in [0.25, 0.3) is 27.5 Å². The van der Waals surface area contributed by atoms with Crippen LogP contribution < -0.4 is 10.9 Å². The summed E-state index contributed by atoms with van der Waals surface area (Å²) in [6.45, 7) is -0.131. The summed E-state index contributed by atoms with van der Waals surface area (Å²) in [4.78, 5) is 35.0. The first-order chi connectivity index (χ1) is 15.2. The summed E-state index contributed by atoms with van der Waals surface area (Å²) in [5.41, 5.74) is 3.37. The van der Waals surface area contributed by atoms with Gasteiger partial charge in [0.25, 0.3) is 5.56 Å². The molecule has 152 valence electrons. The van der Waals surface area contributed by atoms with Crippen LogP contribution in [0.5, 0.6) is 0 Å². The van der Waals surface area contributed by atoms with Crippen molar-refractivity contribution in [1.29, 1.82) is 0 Å². The second-order valence-corrected chi connectivity index (χ2v) is 7.79. The fourth-order valence-corrected chi connectivity index (χ4v) is 4.03. The lowest BCUT2D eigenvalue weighted by molar-refractivity contribution is -0.116. The van der Waals surface area contributed by atoms with Gasteiger partial charge < -0.3 is 5.32 Å². The lowest BCUT2D eigenvalue weighted by atomic mass is 10.1. The third kappa shape index (κ3) is 3.88. The maximum Gasteiger partial charge on any atom is 0.254 e. The van der Waals surface area contributed by atoms with Crippen molar-refractivity contribution >= 4 is 27.9 Å². The molecule has 0 aliphatic carbocycles. The van der Waals surface area contributed by atoms with Crippen molar-refractivity contribution < 1.29 is 4.79 Å². The minimum Gasteiger partial charge on any atom is -0.324 e. The molecule has 0 spiro atoms. The fraction of sp³-hybridized carbons (Fsp3) is 0.0435. The standard InChI is InChI=1S/C23H17N5O2S/c29-21(14-28-15-24-19(12-22(28)30)16-6-2-1-3-7-16)25-18-9-5-4-8-17(18)20-13-27-10-11-31-23(27)26-20/h1-13,15H,14H2,(H,25,29). The molecule has 0 fully saturated rings. The predicted octanol–water partition coefficient (Wildman–Crippen LogP) is 3.93. The molecule has 0 aliphatic heterocycles. The zero-order valence-corrected chi connectivity index (χ0v) is 17.1. The summed E-state index contributed by atoms with van der Waals surface area (Å²) in [6, 6.07) is 18.4. The second-order valence-electron chi connectivity index (χ2n) is 6.92. The van der Waals surface area contributed by atoms with E-state index in [1.165, 1.54) is 17.0 Å². The number of nitrogens with zero attached hydrogens (tertiary/aromatic N) is 4. The van der Waals surface area contributed by atoms with Gasteiger partial charge in [-0.05, 0) is 6.07 Å². The van der Waals surface area contributed by atoms with Crippen molar-refractivity contribution in [1.82, 2.24) is 18.9 Å². The Morgan fingerprint density at radius 1 is 1.03 bits per heavy atom. The smallest absolute Gasteiger partial charge is 0.254 e. The molecular weight excluding hydrogens is 410 g/mol. The third-order valence-electron chi connectivity index (χ3n) is 4.83. The number of benzene rings is 2. The third-order valence-corrected chi connectivity index (χ3v) is 5.60. The molecule has 0 bridgehead atoms. The number of carbonyl (C=O) groups excluding carboxylic acids is 1. The van der Waals surface area contributed by atoms with E-state index in [1.807, 2.05) is 76.8 Å². The Bertz CT molecular complexity index is 1410. The van der Waals surface area contributed by atoms with E-state index in [1.54, 1.807) is 11.3 Å². The highest BCUT2D eigenvalue weighted by Crippen LogP contribution is 2.28. The number of hydrogen-bond acceptors (Lipinski definition) is 5. The van der Waals surface area contributed by atoms with Crippen LogP contribution in [0.4, 0.5) is 5.69 Å². The first kappa shape index (κ1) is 19.0. The van der Waals surface area contributed by atoms with Gasteiger partial charge in [0.05, 0.1) is 23.4 Å². The molecule has 3 heterocycles. The molecule has 2 aromatic carbocycles. The Morgan fingerprint density at radius 3 is 2.65 bits per heavy atom. The number of anilines is 1. The van der Waals surface area contributed by atoms with Crippen LogP contribution in [0, 0.1) is 0 Å². The number of fused-ring (bicyclic) bond motifs is 1. The monoisotopic (exact) mass is 427 g/mol. The van der Waals surface area contributed by atoms with Crippen molar-refractivity contribution in [3.05, 3.63) is 95.1 Å². The summed E-state index contributed by atoms with van der Waals surface area (Å²) < 4.78 is 3.23. The van der Waals surface area contributed by atoms with Crippen LogP contribution in [0.3, 0.4) is 0 Å². The first-order valence-corrected chi connectivity index (χ1v) is 10.5. The molecule has 31 heavy (non-hydrogen) atoms. The van der Waals surface area contributed by atoms with Gasteiger partial charge in [-0.2, -0.15) is 0 Å². The molecule has 1 amide bonds. The molecule has 0 atom stereocenters. The zero-order valence-electron chi connectivity index (χ0n) is 16.3. The number of thiazole rings is 1. The first-order valence-electron chi connectivity index (χ1n) is 9.61. The zero-order chi connectivity index (χ0) is 21.2. The minimum atomic E-state index is -0.315. The van der Waals surface area contributed by atoms with Crippen LogP contribution >= 0.6 is 11.3 Å². The molecule has 8 heteroatoms. The highest BCUT2D eigenvalue weighted by Gasteiger charge is 2.13. The fourth-order valence-electron chi connectivity index (χ4n) is 3.33. The van der Waals surface area contributed by atoms with Gasteiger partial charge in [-0.25, -0.2) is 9.97 Å². The molecule has 1 N–H and O–H groups in total. The van der Waals surface area contributed by atoms with Crippen LogP contribution in [-0.4, -0.2) is 24.8 Å². The number of amides is 1. The summed E-state index contributed by atoms with van der Waals surface area (Å²) >= 11 is 1.54. The van der Waals surface area contributed by atoms with Crippen molar-refractivity contribution in [3.63, 3.8) is 0 Å². The predicted molar refractivity (Wildman–Crippen MR) is 121 cm³/mol. The van der Waals surface area contributed by atoms with Crippen LogP contribution in [-0.2, 0) is 11.3 Å². The van der Waals surface area contributed by atoms with Crippen LogP contribution in [0.15, 0.2) is 89.6 Å². The summed E-state index contributed by atoms with van der Waals surface area (Å²) in [7, 11) is 0. The molecule has 3 aromatic heterocycles. The van der Waals surface area contributed by atoms with Crippen LogP contribution in [0.2, 0.25) is 0 Å². The van der Waals surface area contributed by atoms with E-state index in [-0.39, 0.29) is 18.0 Å². The van der Waals surface area contributed by atoms with E-state index in [2.05, 4.69) is 15.3 Å². The average molecular weight is 427 g/mol. The Hall–Kier alpha value is -4.04. The van der Waals surface area contributed by atoms with E-state index in [9.17, 15) is 9.59 Å². The largest absolute Gasteiger partial charge is 0.324 e. The maximum atomic E-state index is 12.7. The topological polar surface area (TPSA) is 81.3 Å². The van der Waals surface area contributed by atoms with Crippen molar-refractivity contribution in [2.75, 3.05) is 5.32 Å². The van der Waals surface area contributed by atoms with Gasteiger partial charge in [-0.15, -0.1) is 11.3 Å². The lowest BCUT2D eigenvalue weighted by Gasteiger charge is -2.11. The van der Waals surface area contributed by atoms with E-state index in [0.717, 1.165) is 21.8 Å². The Balaban J connectivity index is 1.36. The summed E-state index contributed by atoms with van der Waals surface area (Å²) in [6.07, 6.45) is 5.27. The van der Waals surface area contributed by atoms with Crippen molar-refractivity contribution in [3.8, 4) is 22.5 Å². The molecule has 7 nitrogen and oxygen atoms in total. The quantitative estimate of drug-likeness (QED) is 0.461. The number of rotatable bonds is 5. The second kappa shape index (κ2) is 8.00. The SMILES string of the molecule is O=C(Cn1cnc(-c2ccccc2)cc1=O)Nc1ccccc1-c1cn2ccsc2n1. The summed E-state index contributed by atoms with van der Waals surface area (Å²) in [5, 5.41) is 4.86. The van der Waals surface area contributed by atoms with Gasteiger partial charge in [0, 0.05) is 35.0 Å². The molecule has 0 radical (unpaired) electrons.